The number of amidine groups is 1. The quantitative estimate of drug-likeness (QED) is 0.718. The summed E-state index contributed by atoms with van der Waals surface area (Å²) in [5, 5.41) is 3.24. The third-order valence-corrected chi connectivity index (χ3v) is 6.10. The van der Waals surface area contributed by atoms with Crippen molar-refractivity contribution in [1.29, 1.82) is 0 Å². The first-order valence-electron chi connectivity index (χ1n) is 8.67. The van der Waals surface area contributed by atoms with Gasteiger partial charge in [0.2, 0.25) is 5.91 Å². The lowest BCUT2D eigenvalue weighted by molar-refractivity contribution is -0.407. The number of thioether (sulfide) groups is 1. The lowest BCUT2D eigenvalue weighted by Gasteiger charge is -2.27. The zero-order chi connectivity index (χ0) is 21.3. The molecule has 1 N–H and O–H groups in total. The van der Waals surface area contributed by atoms with E-state index in [1.165, 1.54) is 30.5 Å². The Bertz CT molecular complexity index is 1000. The molecule has 1 atom stereocenters. The third-order valence-electron chi connectivity index (χ3n) is 4.59. The first-order chi connectivity index (χ1) is 13.7. The van der Waals surface area contributed by atoms with Crippen LogP contribution in [0.15, 0.2) is 33.7 Å². The Balaban J connectivity index is 1.79. The summed E-state index contributed by atoms with van der Waals surface area (Å²) >= 11 is 7.24. The molecule has 2 aliphatic heterocycles. The van der Waals surface area contributed by atoms with Crippen molar-refractivity contribution in [3.05, 3.63) is 33.7 Å². The molecule has 1 unspecified atom stereocenters. The molecule has 0 aliphatic carbocycles. The van der Waals surface area contributed by atoms with Gasteiger partial charge in [-0.25, -0.2) is 4.79 Å². The Morgan fingerprint density at radius 1 is 1.41 bits per heavy atom. The van der Waals surface area contributed by atoms with Crippen molar-refractivity contribution in [1.82, 2.24) is 4.90 Å². The van der Waals surface area contributed by atoms with Crippen LogP contribution in [0, 0.1) is 5.92 Å². The number of aliphatic imine (C=N–C) groups is 1. The van der Waals surface area contributed by atoms with Gasteiger partial charge in [-0.05, 0) is 30.7 Å². The lowest BCUT2D eigenvalue weighted by Crippen LogP contribution is -2.52. The standard InChI is InChI=1S/C19H19ClN4O4S/c1-10-8-21-17-15(18(26)24(3)19(27)23(17)2)16(10)29-9-14(25)22-12-7-11(20)5-6-13(12)28-4/h5-8,15H,9H2,1-4H3/p+1. The number of amides is 4. The average molecular weight is 436 g/mol. The molecule has 0 saturated carbocycles. The SMILES string of the molecule is COc1ccc(Cl)cc1NC(=O)CSC1=C(C)C=NC2=[N+](C)C(=O)N(C)C(=O)C12. The van der Waals surface area contributed by atoms with Crippen LogP contribution in [0.1, 0.15) is 6.92 Å². The smallest absolute Gasteiger partial charge is 0.445 e. The predicted molar refractivity (Wildman–Crippen MR) is 113 cm³/mol. The normalized spacial score (nSPS) is 18.9. The third kappa shape index (κ3) is 4.06. The highest BCUT2D eigenvalue weighted by Gasteiger charge is 2.47. The molecule has 0 radical (unpaired) electrons. The van der Waals surface area contributed by atoms with E-state index in [-0.39, 0.29) is 17.6 Å². The van der Waals surface area contributed by atoms with Crippen molar-refractivity contribution in [2.75, 3.05) is 32.3 Å². The van der Waals surface area contributed by atoms with Crippen molar-refractivity contribution in [3.8, 4) is 5.75 Å². The maximum absolute atomic E-state index is 12.7. The van der Waals surface area contributed by atoms with Crippen LogP contribution in [0.25, 0.3) is 0 Å². The number of dihydropyridines is 1. The summed E-state index contributed by atoms with van der Waals surface area (Å²) in [6, 6.07) is 4.50. The number of hydrogen-bond acceptors (Lipinski definition) is 6. The molecule has 1 aromatic carbocycles. The number of rotatable bonds is 5. The van der Waals surface area contributed by atoms with Crippen molar-refractivity contribution < 1.29 is 23.7 Å². The summed E-state index contributed by atoms with van der Waals surface area (Å²) in [7, 11) is 4.52. The molecule has 152 valence electrons. The number of imide groups is 1. The minimum absolute atomic E-state index is 0.0641. The highest BCUT2D eigenvalue weighted by molar-refractivity contribution is 8.03. The van der Waals surface area contributed by atoms with E-state index >= 15 is 0 Å². The average Bonchev–Trinajstić information content (AvgIpc) is 2.69. The number of anilines is 1. The molecular weight excluding hydrogens is 416 g/mol. The number of halogens is 1. The highest BCUT2D eigenvalue weighted by Crippen LogP contribution is 2.35. The summed E-state index contributed by atoms with van der Waals surface area (Å²) < 4.78 is 6.59. The molecule has 0 fully saturated rings. The van der Waals surface area contributed by atoms with Gasteiger partial charge < -0.3 is 10.1 Å². The Labute approximate surface area is 177 Å². The van der Waals surface area contributed by atoms with Crippen LogP contribution >= 0.6 is 23.4 Å². The molecule has 0 bridgehead atoms. The van der Waals surface area contributed by atoms with Crippen LogP contribution in [-0.2, 0) is 9.59 Å². The molecule has 8 nitrogen and oxygen atoms in total. The molecule has 2 heterocycles. The molecular formula is C19H20ClN4O4S+. The Kier molecular flexibility index (Phi) is 6.09. The van der Waals surface area contributed by atoms with Gasteiger partial charge in [-0.15, -0.1) is 16.8 Å². The summed E-state index contributed by atoms with van der Waals surface area (Å²) in [6.07, 6.45) is 1.61. The second-order valence-electron chi connectivity index (χ2n) is 6.52. The minimum atomic E-state index is -0.703. The summed E-state index contributed by atoms with van der Waals surface area (Å²) in [5.74, 6) is -0.420. The zero-order valence-corrected chi connectivity index (χ0v) is 17.9. The Morgan fingerprint density at radius 3 is 2.83 bits per heavy atom. The molecule has 29 heavy (non-hydrogen) atoms. The van der Waals surface area contributed by atoms with E-state index in [1.54, 1.807) is 31.5 Å². The first-order valence-corrected chi connectivity index (χ1v) is 10.0. The van der Waals surface area contributed by atoms with E-state index in [9.17, 15) is 14.4 Å². The van der Waals surface area contributed by atoms with Gasteiger partial charge in [0.05, 0.1) is 32.6 Å². The van der Waals surface area contributed by atoms with Crippen molar-refractivity contribution in [2.45, 2.75) is 6.92 Å². The van der Waals surface area contributed by atoms with E-state index in [1.807, 2.05) is 6.92 Å². The highest BCUT2D eigenvalue weighted by atomic mass is 35.5. The number of fused-ring (bicyclic) bond motifs is 1. The van der Waals surface area contributed by atoms with E-state index < -0.39 is 11.9 Å². The van der Waals surface area contributed by atoms with E-state index in [2.05, 4.69) is 10.3 Å². The fourth-order valence-electron chi connectivity index (χ4n) is 3.06. The van der Waals surface area contributed by atoms with Gasteiger partial charge in [-0.3, -0.25) is 9.59 Å². The van der Waals surface area contributed by atoms with E-state index in [0.29, 0.717) is 27.2 Å². The van der Waals surface area contributed by atoms with Crippen molar-refractivity contribution in [3.63, 3.8) is 0 Å². The molecule has 0 saturated heterocycles. The number of benzene rings is 1. The topological polar surface area (TPSA) is 91.1 Å². The largest absolute Gasteiger partial charge is 0.495 e. The number of urea groups is 1. The lowest BCUT2D eigenvalue weighted by atomic mass is 9.99. The van der Waals surface area contributed by atoms with Crippen molar-refractivity contribution >= 4 is 58.9 Å². The van der Waals surface area contributed by atoms with Gasteiger partial charge in [0.25, 0.3) is 5.84 Å². The minimum Gasteiger partial charge on any atom is -0.495 e. The van der Waals surface area contributed by atoms with Gasteiger partial charge in [0.15, 0.2) is 5.92 Å². The molecule has 10 heteroatoms. The summed E-state index contributed by atoms with van der Waals surface area (Å²) in [4.78, 5) is 43.4. The second kappa shape index (κ2) is 8.38. The Hall–Kier alpha value is -2.65. The number of methoxy groups -OCH3 is 1. The Morgan fingerprint density at radius 2 is 2.14 bits per heavy atom. The van der Waals surface area contributed by atoms with Crippen LogP contribution in [0.2, 0.25) is 5.02 Å². The second-order valence-corrected chi connectivity index (χ2v) is 7.97. The van der Waals surface area contributed by atoms with E-state index in [4.69, 9.17) is 16.3 Å². The van der Waals surface area contributed by atoms with Gasteiger partial charge in [-0.1, -0.05) is 11.6 Å². The molecule has 3 rings (SSSR count). The molecule has 0 aromatic heterocycles. The summed E-state index contributed by atoms with van der Waals surface area (Å²) in [6.45, 7) is 1.82. The molecule has 2 aliphatic rings. The fraction of sp³-hybridized carbons (Fsp3) is 0.316. The number of nitrogens with one attached hydrogen (secondary N) is 1. The number of allylic oxidation sites excluding steroid dienone is 1. The van der Waals surface area contributed by atoms with E-state index in [0.717, 1.165) is 10.5 Å². The molecule has 4 amide bonds. The number of carbonyl (C=O) groups is 3. The van der Waals surface area contributed by atoms with Gasteiger partial charge >= 0.3 is 11.9 Å². The fourth-order valence-corrected chi connectivity index (χ4v) is 4.25. The van der Waals surface area contributed by atoms with Gasteiger partial charge in [0.1, 0.15) is 12.0 Å². The molecule has 1 aromatic rings. The first kappa shape index (κ1) is 21.1. The maximum Gasteiger partial charge on any atom is 0.445 e. The maximum atomic E-state index is 12.7. The van der Waals surface area contributed by atoms with Crippen LogP contribution < -0.4 is 10.1 Å². The van der Waals surface area contributed by atoms with Gasteiger partial charge in [0, 0.05) is 9.93 Å². The number of carbonyl (C=O) groups excluding carboxylic acids is 3. The van der Waals surface area contributed by atoms with Crippen LogP contribution in [0.4, 0.5) is 10.5 Å². The van der Waals surface area contributed by atoms with Crippen LogP contribution in [0.3, 0.4) is 0 Å². The predicted octanol–water partition coefficient (Wildman–Crippen LogP) is 2.63. The van der Waals surface area contributed by atoms with Gasteiger partial charge in [-0.2, -0.15) is 9.48 Å². The number of ether oxygens (including phenoxy) is 1. The van der Waals surface area contributed by atoms with Crippen molar-refractivity contribution in [2.24, 2.45) is 10.9 Å². The van der Waals surface area contributed by atoms with Crippen LogP contribution in [-0.4, -0.2) is 66.3 Å². The number of nitrogens with zero attached hydrogens (tertiary/aromatic N) is 3. The summed E-state index contributed by atoms with van der Waals surface area (Å²) in [5.41, 5.74) is 1.24. The molecule has 0 spiro atoms. The monoisotopic (exact) mass is 435 g/mol. The van der Waals surface area contributed by atoms with Crippen LogP contribution in [0.5, 0.6) is 5.75 Å². The number of hydrogen-bond donors (Lipinski definition) is 1. The zero-order valence-electron chi connectivity index (χ0n) is 16.4.